The van der Waals surface area contributed by atoms with Crippen molar-refractivity contribution in [3.05, 3.63) is 55.7 Å². The number of rotatable bonds is 2. The van der Waals surface area contributed by atoms with Gasteiger partial charge in [-0.1, -0.05) is 0 Å². The van der Waals surface area contributed by atoms with Crippen molar-refractivity contribution in [2.24, 2.45) is 0 Å². The molecular formula is C12H7BrF2OS. The van der Waals surface area contributed by atoms with Gasteiger partial charge in [-0.2, -0.15) is 0 Å². The number of thiophene rings is 1. The smallest absolute Gasteiger partial charge is 0.195 e. The van der Waals surface area contributed by atoms with Crippen LogP contribution in [-0.4, -0.2) is 5.78 Å². The van der Waals surface area contributed by atoms with Crippen LogP contribution in [0.15, 0.2) is 28.1 Å². The number of hydrogen-bond acceptors (Lipinski definition) is 2. The highest BCUT2D eigenvalue weighted by Gasteiger charge is 2.18. The standard InChI is InChI=1S/C12H7BrF2OS/c1-6-4-7(5-17-6)12(16)8-2-3-9(14)11(15)10(8)13/h2-5H,1H3. The van der Waals surface area contributed by atoms with Crippen molar-refractivity contribution in [2.45, 2.75) is 6.92 Å². The lowest BCUT2D eigenvalue weighted by molar-refractivity contribution is 0.103. The Morgan fingerprint density at radius 2 is 2.06 bits per heavy atom. The molecule has 1 nitrogen and oxygen atoms in total. The maximum Gasteiger partial charge on any atom is 0.195 e. The second kappa shape index (κ2) is 4.66. The Morgan fingerprint density at radius 1 is 1.35 bits per heavy atom. The lowest BCUT2D eigenvalue weighted by atomic mass is 10.1. The zero-order valence-corrected chi connectivity index (χ0v) is 11.2. The van der Waals surface area contributed by atoms with E-state index >= 15 is 0 Å². The highest BCUT2D eigenvalue weighted by Crippen LogP contribution is 2.26. The van der Waals surface area contributed by atoms with E-state index in [9.17, 15) is 13.6 Å². The number of ketones is 1. The maximum atomic E-state index is 13.3. The summed E-state index contributed by atoms with van der Waals surface area (Å²) in [5.41, 5.74) is 0.612. The van der Waals surface area contributed by atoms with Crippen LogP contribution >= 0.6 is 27.3 Å². The molecule has 17 heavy (non-hydrogen) atoms. The van der Waals surface area contributed by atoms with Gasteiger partial charge in [0, 0.05) is 21.4 Å². The summed E-state index contributed by atoms with van der Waals surface area (Å²) in [5.74, 6) is -2.34. The number of aryl methyl sites for hydroxylation is 1. The molecule has 0 aliphatic heterocycles. The van der Waals surface area contributed by atoms with Gasteiger partial charge in [-0.25, -0.2) is 8.78 Å². The fraction of sp³-hybridized carbons (Fsp3) is 0.0833. The Hall–Kier alpha value is -1.07. The first-order valence-electron chi connectivity index (χ1n) is 4.74. The van der Waals surface area contributed by atoms with Crippen LogP contribution in [0.2, 0.25) is 0 Å². The zero-order chi connectivity index (χ0) is 12.6. The first-order chi connectivity index (χ1) is 8.00. The van der Waals surface area contributed by atoms with E-state index in [2.05, 4.69) is 15.9 Å². The molecule has 0 bridgehead atoms. The molecule has 0 amide bonds. The molecule has 1 aromatic heterocycles. The van der Waals surface area contributed by atoms with Gasteiger partial charge in [0.2, 0.25) is 0 Å². The molecule has 0 unspecified atom stereocenters. The van der Waals surface area contributed by atoms with E-state index in [0.29, 0.717) is 5.56 Å². The van der Waals surface area contributed by atoms with Crippen LogP contribution in [0.1, 0.15) is 20.8 Å². The molecule has 5 heteroatoms. The summed E-state index contributed by atoms with van der Waals surface area (Å²) in [5, 5.41) is 1.70. The van der Waals surface area contributed by atoms with Crippen molar-refractivity contribution in [2.75, 3.05) is 0 Å². The highest BCUT2D eigenvalue weighted by atomic mass is 79.9. The summed E-state index contributed by atoms with van der Waals surface area (Å²) in [6.45, 7) is 1.88. The molecule has 88 valence electrons. The molecule has 2 rings (SSSR count). The average molecular weight is 317 g/mol. The van der Waals surface area contributed by atoms with Gasteiger partial charge < -0.3 is 0 Å². The third-order valence-corrected chi connectivity index (χ3v) is 3.91. The second-order valence-electron chi connectivity index (χ2n) is 3.50. The Labute approximate surface area is 109 Å². The van der Waals surface area contributed by atoms with Gasteiger partial charge in [-0.3, -0.25) is 4.79 Å². The Kier molecular flexibility index (Phi) is 3.40. The Morgan fingerprint density at radius 3 is 2.65 bits per heavy atom. The predicted molar refractivity (Wildman–Crippen MR) is 66.5 cm³/mol. The summed E-state index contributed by atoms with van der Waals surface area (Å²) in [7, 11) is 0. The molecule has 0 aliphatic rings. The first-order valence-corrected chi connectivity index (χ1v) is 6.41. The van der Waals surface area contributed by atoms with Gasteiger partial charge in [-0.15, -0.1) is 11.3 Å². The highest BCUT2D eigenvalue weighted by molar-refractivity contribution is 9.10. The van der Waals surface area contributed by atoms with Crippen molar-refractivity contribution in [1.29, 1.82) is 0 Å². The summed E-state index contributed by atoms with van der Waals surface area (Å²) in [6.07, 6.45) is 0. The van der Waals surface area contributed by atoms with Crippen LogP contribution in [0, 0.1) is 18.6 Å². The van der Waals surface area contributed by atoms with Crippen molar-refractivity contribution in [3.63, 3.8) is 0 Å². The fourth-order valence-corrected chi connectivity index (χ4v) is 2.60. The minimum absolute atomic E-state index is 0.127. The van der Waals surface area contributed by atoms with Gasteiger partial charge >= 0.3 is 0 Å². The Balaban J connectivity index is 2.48. The van der Waals surface area contributed by atoms with Crippen LogP contribution in [0.25, 0.3) is 0 Å². The summed E-state index contributed by atoms with van der Waals surface area (Å²) in [6, 6.07) is 3.95. The molecule has 0 saturated carbocycles. The molecule has 0 N–H and O–H groups in total. The van der Waals surface area contributed by atoms with E-state index in [0.717, 1.165) is 10.9 Å². The molecule has 0 aliphatic carbocycles. The SMILES string of the molecule is Cc1cc(C(=O)c2ccc(F)c(F)c2Br)cs1. The van der Waals surface area contributed by atoms with Gasteiger partial charge in [0.15, 0.2) is 17.4 Å². The second-order valence-corrected chi connectivity index (χ2v) is 5.41. The molecular weight excluding hydrogens is 310 g/mol. The monoisotopic (exact) mass is 316 g/mol. The minimum atomic E-state index is -1.04. The van der Waals surface area contributed by atoms with Gasteiger partial charge in [0.1, 0.15) is 0 Å². The molecule has 0 saturated heterocycles. The quantitative estimate of drug-likeness (QED) is 0.595. The van der Waals surface area contributed by atoms with Gasteiger partial charge in [-0.05, 0) is 41.1 Å². The minimum Gasteiger partial charge on any atom is -0.289 e. The van der Waals surface area contributed by atoms with Gasteiger partial charge in [0.25, 0.3) is 0 Å². The Bertz CT molecular complexity index is 592. The van der Waals surface area contributed by atoms with E-state index in [4.69, 9.17) is 0 Å². The number of carbonyl (C=O) groups is 1. The van der Waals surface area contributed by atoms with E-state index in [1.165, 1.54) is 17.4 Å². The summed E-state index contributed by atoms with van der Waals surface area (Å²) >= 11 is 4.34. The van der Waals surface area contributed by atoms with Crippen molar-refractivity contribution >= 4 is 33.0 Å². The largest absolute Gasteiger partial charge is 0.289 e. The molecule has 0 spiro atoms. The summed E-state index contributed by atoms with van der Waals surface area (Å²) < 4.78 is 26.1. The molecule has 1 aromatic carbocycles. The third kappa shape index (κ3) is 2.30. The van der Waals surface area contributed by atoms with Crippen molar-refractivity contribution < 1.29 is 13.6 Å². The topological polar surface area (TPSA) is 17.1 Å². The van der Waals surface area contributed by atoms with Crippen molar-refractivity contribution in [3.8, 4) is 0 Å². The van der Waals surface area contributed by atoms with Gasteiger partial charge in [0.05, 0.1) is 4.47 Å². The average Bonchev–Trinajstić information content (AvgIpc) is 2.72. The lowest BCUT2D eigenvalue weighted by Gasteiger charge is -2.03. The van der Waals surface area contributed by atoms with Crippen LogP contribution in [-0.2, 0) is 0 Å². The van der Waals surface area contributed by atoms with E-state index in [1.54, 1.807) is 11.4 Å². The van der Waals surface area contributed by atoms with Crippen LogP contribution < -0.4 is 0 Å². The number of hydrogen-bond donors (Lipinski definition) is 0. The summed E-state index contributed by atoms with van der Waals surface area (Å²) in [4.78, 5) is 13.0. The molecule has 0 radical (unpaired) electrons. The van der Waals surface area contributed by atoms with Crippen LogP contribution in [0.3, 0.4) is 0 Å². The molecule has 2 aromatic rings. The van der Waals surface area contributed by atoms with Crippen LogP contribution in [0.4, 0.5) is 8.78 Å². The molecule has 1 heterocycles. The zero-order valence-electron chi connectivity index (χ0n) is 8.76. The van der Waals surface area contributed by atoms with Crippen LogP contribution in [0.5, 0.6) is 0 Å². The van der Waals surface area contributed by atoms with E-state index in [1.807, 2.05) is 6.92 Å². The normalized spacial score (nSPS) is 10.6. The molecule has 0 atom stereocenters. The number of benzene rings is 1. The van der Waals surface area contributed by atoms with E-state index < -0.39 is 11.6 Å². The lowest BCUT2D eigenvalue weighted by Crippen LogP contribution is -2.03. The van der Waals surface area contributed by atoms with Crippen molar-refractivity contribution in [1.82, 2.24) is 0 Å². The third-order valence-electron chi connectivity index (χ3n) is 2.27. The molecule has 0 fully saturated rings. The predicted octanol–water partition coefficient (Wildman–Crippen LogP) is 4.33. The van der Waals surface area contributed by atoms with E-state index in [-0.39, 0.29) is 15.8 Å². The number of carbonyl (C=O) groups excluding carboxylic acids is 1. The first kappa shape index (κ1) is 12.4. The number of halogens is 3. The maximum absolute atomic E-state index is 13.3. The fourth-order valence-electron chi connectivity index (χ4n) is 1.42.